The molecule has 5 rings (SSSR count). The fraction of sp³-hybridized carbons (Fsp3) is 0.222. The first kappa shape index (κ1) is 25.1. The van der Waals surface area contributed by atoms with Gasteiger partial charge in [0, 0.05) is 18.8 Å². The number of morpholine rings is 1. The molecule has 1 amide bonds. The molecule has 8 nitrogen and oxygen atoms in total. The van der Waals surface area contributed by atoms with Crippen LogP contribution in [0.3, 0.4) is 0 Å². The van der Waals surface area contributed by atoms with Crippen LogP contribution in [0.2, 0.25) is 5.02 Å². The number of anilines is 2. The Morgan fingerprint density at radius 3 is 2.54 bits per heavy atom. The van der Waals surface area contributed by atoms with Gasteiger partial charge in [0.1, 0.15) is 5.75 Å². The Bertz CT molecular complexity index is 1380. The number of rotatable bonds is 8. The zero-order chi connectivity index (χ0) is 25.6. The smallest absolute Gasteiger partial charge is 0.234 e. The molecule has 3 aromatic carbocycles. The van der Waals surface area contributed by atoms with Gasteiger partial charge in [0.15, 0.2) is 11.0 Å². The van der Waals surface area contributed by atoms with Crippen molar-refractivity contribution >= 4 is 40.6 Å². The number of halogens is 1. The maximum atomic E-state index is 12.8. The highest BCUT2D eigenvalue weighted by atomic mass is 35.5. The van der Waals surface area contributed by atoms with Crippen LogP contribution >= 0.6 is 23.4 Å². The predicted octanol–water partition coefficient (Wildman–Crippen LogP) is 4.92. The minimum Gasteiger partial charge on any atom is -0.507 e. The lowest BCUT2D eigenvalue weighted by Crippen LogP contribution is -2.36. The number of phenolic OH excluding ortho intramolecular Hbond substituents is 1. The van der Waals surface area contributed by atoms with E-state index in [0.29, 0.717) is 47.0 Å². The Morgan fingerprint density at radius 1 is 1.03 bits per heavy atom. The van der Waals surface area contributed by atoms with Gasteiger partial charge in [-0.1, -0.05) is 65.8 Å². The topological polar surface area (TPSA) is 92.5 Å². The number of benzene rings is 3. The number of carbonyl (C=O) groups excluding carboxylic acids is 1. The van der Waals surface area contributed by atoms with Crippen molar-refractivity contribution in [2.75, 3.05) is 42.3 Å². The average molecular weight is 536 g/mol. The van der Waals surface area contributed by atoms with Gasteiger partial charge < -0.3 is 20.1 Å². The van der Waals surface area contributed by atoms with Crippen LogP contribution in [0, 0.1) is 0 Å². The van der Waals surface area contributed by atoms with E-state index in [1.54, 1.807) is 24.3 Å². The van der Waals surface area contributed by atoms with E-state index in [4.69, 9.17) is 16.3 Å². The summed E-state index contributed by atoms with van der Waals surface area (Å²) in [5.41, 5.74) is 3.20. The van der Waals surface area contributed by atoms with Gasteiger partial charge in [0.2, 0.25) is 5.91 Å². The molecular weight excluding hydrogens is 510 g/mol. The minimum atomic E-state index is -0.182. The molecule has 0 atom stereocenters. The first-order valence-corrected chi connectivity index (χ1v) is 13.3. The third kappa shape index (κ3) is 6.07. The molecule has 2 heterocycles. The van der Waals surface area contributed by atoms with Crippen LogP contribution in [0.15, 0.2) is 78.0 Å². The molecule has 0 radical (unpaired) electrons. The van der Waals surface area contributed by atoms with E-state index in [0.717, 1.165) is 24.3 Å². The summed E-state index contributed by atoms with van der Waals surface area (Å²) in [7, 11) is 0. The van der Waals surface area contributed by atoms with Crippen LogP contribution < -0.4 is 10.2 Å². The van der Waals surface area contributed by atoms with E-state index in [1.165, 1.54) is 11.8 Å². The number of aromatic hydroxyl groups is 1. The SMILES string of the molecule is O=C(CSc1nnc(-c2ccccc2O)n1Cc1ccccc1)Nc1ccc(N2CCOCC2)c(Cl)c1. The first-order valence-electron chi connectivity index (χ1n) is 11.9. The highest BCUT2D eigenvalue weighted by Gasteiger charge is 2.19. The fourth-order valence-electron chi connectivity index (χ4n) is 4.14. The summed E-state index contributed by atoms with van der Waals surface area (Å²) in [4.78, 5) is 15.0. The Hall–Kier alpha value is -3.53. The van der Waals surface area contributed by atoms with Crippen molar-refractivity contribution in [1.82, 2.24) is 14.8 Å². The summed E-state index contributed by atoms with van der Waals surface area (Å²) in [6, 6.07) is 22.5. The first-order chi connectivity index (χ1) is 18.1. The highest BCUT2D eigenvalue weighted by molar-refractivity contribution is 7.99. The van der Waals surface area contributed by atoms with Crippen LogP contribution in [0.1, 0.15) is 5.56 Å². The standard InChI is InChI=1S/C27H26ClN5O3S/c28-22-16-20(10-11-23(22)32-12-14-36-15-13-32)29-25(35)18-37-27-31-30-26(21-8-4-5-9-24(21)34)33(27)17-19-6-2-1-3-7-19/h1-11,16,34H,12-15,17-18H2,(H,29,35). The van der Waals surface area contributed by atoms with Gasteiger partial charge in [-0.25, -0.2) is 0 Å². The molecule has 0 unspecified atom stereocenters. The number of aromatic nitrogens is 3. The number of hydrogen-bond donors (Lipinski definition) is 2. The number of nitrogens with zero attached hydrogens (tertiary/aromatic N) is 4. The van der Waals surface area contributed by atoms with E-state index in [-0.39, 0.29) is 17.4 Å². The molecule has 4 aromatic rings. The molecule has 0 aliphatic carbocycles. The predicted molar refractivity (Wildman–Crippen MR) is 147 cm³/mol. The van der Waals surface area contributed by atoms with Crippen LogP contribution in [-0.4, -0.2) is 57.8 Å². The number of amides is 1. The van der Waals surface area contributed by atoms with Gasteiger partial charge in [0.05, 0.1) is 41.8 Å². The highest BCUT2D eigenvalue weighted by Crippen LogP contribution is 2.32. The molecular formula is C27H26ClN5O3S. The quantitative estimate of drug-likeness (QED) is 0.309. The van der Waals surface area contributed by atoms with Gasteiger partial charge in [-0.2, -0.15) is 0 Å². The average Bonchev–Trinajstić information content (AvgIpc) is 3.31. The molecule has 0 spiro atoms. The van der Waals surface area contributed by atoms with Crippen molar-refractivity contribution in [3.63, 3.8) is 0 Å². The number of para-hydroxylation sites is 1. The molecule has 1 aliphatic rings. The van der Waals surface area contributed by atoms with Crippen molar-refractivity contribution < 1.29 is 14.6 Å². The fourth-order valence-corrected chi connectivity index (χ4v) is 5.18. The number of hydrogen-bond acceptors (Lipinski definition) is 7. The van der Waals surface area contributed by atoms with Gasteiger partial charge >= 0.3 is 0 Å². The van der Waals surface area contributed by atoms with Crippen molar-refractivity contribution in [2.24, 2.45) is 0 Å². The lowest BCUT2D eigenvalue weighted by molar-refractivity contribution is -0.113. The zero-order valence-electron chi connectivity index (χ0n) is 20.0. The van der Waals surface area contributed by atoms with Crippen molar-refractivity contribution in [3.05, 3.63) is 83.4 Å². The molecule has 1 aliphatic heterocycles. The number of nitrogens with one attached hydrogen (secondary N) is 1. The monoisotopic (exact) mass is 535 g/mol. The molecule has 37 heavy (non-hydrogen) atoms. The third-order valence-corrected chi connectivity index (χ3v) is 7.23. The maximum absolute atomic E-state index is 12.8. The third-order valence-electron chi connectivity index (χ3n) is 5.96. The van der Waals surface area contributed by atoms with Crippen molar-refractivity contribution in [2.45, 2.75) is 11.7 Å². The second-order valence-corrected chi connectivity index (χ2v) is 9.85. The summed E-state index contributed by atoms with van der Waals surface area (Å²) < 4.78 is 7.32. The molecule has 0 bridgehead atoms. The summed E-state index contributed by atoms with van der Waals surface area (Å²) in [5.74, 6) is 0.612. The van der Waals surface area contributed by atoms with Crippen molar-refractivity contribution in [1.29, 1.82) is 0 Å². The summed E-state index contributed by atoms with van der Waals surface area (Å²) in [6.45, 7) is 3.42. The Kier molecular flexibility index (Phi) is 7.93. The molecule has 1 aromatic heterocycles. The Labute approximate surface area is 224 Å². The van der Waals surface area contributed by atoms with E-state index >= 15 is 0 Å². The largest absolute Gasteiger partial charge is 0.507 e. The number of carbonyl (C=O) groups is 1. The van der Waals surface area contributed by atoms with Gasteiger partial charge in [-0.05, 0) is 35.9 Å². The Balaban J connectivity index is 1.29. The van der Waals surface area contributed by atoms with Crippen LogP contribution in [0.25, 0.3) is 11.4 Å². The summed E-state index contributed by atoms with van der Waals surface area (Å²) >= 11 is 7.80. The number of ether oxygens (including phenoxy) is 1. The van der Waals surface area contributed by atoms with Crippen LogP contribution in [0.4, 0.5) is 11.4 Å². The summed E-state index contributed by atoms with van der Waals surface area (Å²) in [6.07, 6.45) is 0. The Morgan fingerprint density at radius 2 is 1.78 bits per heavy atom. The van der Waals surface area contributed by atoms with Gasteiger partial charge in [-0.3, -0.25) is 9.36 Å². The van der Waals surface area contributed by atoms with Gasteiger partial charge in [-0.15, -0.1) is 10.2 Å². The number of phenols is 1. The molecule has 1 saturated heterocycles. The lowest BCUT2D eigenvalue weighted by Gasteiger charge is -2.29. The zero-order valence-corrected chi connectivity index (χ0v) is 21.6. The molecule has 2 N–H and O–H groups in total. The molecule has 190 valence electrons. The second kappa shape index (κ2) is 11.7. The maximum Gasteiger partial charge on any atom is 0.234 e. The van der Waals surface area contributed by atoms with Crippen LogP contribution in [0.5, 0.6) is 5.75 Å². The second-order valence-electron chi connectivity index (χ2n) is 8.50. The van der Waals surface area contributed by atoms with Gasteiger partial charge in [0.25, 0.3) is 0 Å². The van der Waals surface area contributed by atoms with E-state index in [1.807, 2.05) is 53.1 Å². The molecule has 1 fully saturated rings. The molecule has 10 heteroatoms. The lowest BCUT2D eigenvalue weighted by atomic mass is 10.1. The van der Waals surface area contributed by atoms with E-state index < -0.39 is 0 Å². The van der Waals surface area contributed by atoms with E-state index in [9.17, 15) is 9.90 Å². The summed E-state index contributed by atoms with van der Waals surface area (Å²) in [5, 5.41) is 23.2. The van der Waals surface area contributed by atoms with Crippen molar-refractivity contribution in [3.8, 4) is 17.1 Å². The van der Waals surface area contributed by atoms with Crippen LogP contribution in [-0.2, 0) is 16.1 Å². The van der Waals surface area contributed by atoms with E-state index in [2.05, 4.69) is 20.4 Å². The minimum absolute atomic E-state index is 0.121. The molecule has 0 saturated carbocycles. The number of thioether (sulfide) groups is 1. The normalized spacial score (nSPS) is 13.5.